The molecule has 2 heterocycles. The van der Waals surface area contributed by atoms with E-state index in [0.717, 1.165) is 17.8 Å². The maximum absolute atomic E-state index is 12.5. The summed E-state index contributed by atoms with van der Waals surface area (Å²) in [5.74, 6) is -0.439. The van der Waals surface area contributed by atoms with Gasteiger partial charge in [-0.05, 0) is 35.4 Å². The van der Waals surface area contributed by atoms with Gasteiger partial charge in [0.2, 0.25) is 0 Å². The Labute approximate surface area is 118 Å². The number of rotatable bonds is 2. The van der Waals surface area contributed by atoms with Crippen LogP contribution in [0.1, 0.15) is 18.5 Å². The quantitative estimate of drug-likeness (QED) is 0.788. The summed E-state index contributed by atoms with van der Waals surface area (Å²) in [6, 6.07) is 0. The number of halogens is 4. The lowest BCUT2D eigenvalue weighted by Crippen LogP contribution is -2.26. The van der Waals surface area contributed by atoms with Gasteiger partial charge in [0, 0.05) is 6.61 Å². The lowest BCUT2D eigenvalue weighted by atomic mass is 10.2. The Morgan fingerprint density at radius 1 is 1.56 bits per heavy atom. The summed E-state index contributed by atoms with van der Waals surface area (Å²) in [7, 11) is 0. The molecule has 0 bridgehead atoms. The monoisotopic (exact) mass is 392 g/mol. The standard InChI is InChI=1S/C9H8F3IN2O2S/c10-9(11,12)5-6(13)18-8(14-5)15-7(16)4-2-1-3-17-4/h4H,1-3H2,(H,14,15,16)/t4-/m0/s1. The third-order valence-electron chi connectivity index (χ3n) is 2.31. The van der Waals surface area contributed by atoms with Crippen molar-refractivity contribution in [3.63, 3.8) is 0 Å². The van der Waals surface area contributed by atoms with Gasteiger partial charge in [0.05, 0.1) is 2.88 Å². The number of thiazole rings is 1. The molecule has 1 aliphatic rings. The minimum Gasteiger partial charge on any atom is -0.368 e. The molecule has 1 amide bonds. The first-order valence-corrected chi connectivity index (χ1v) is 6.93. The number of ether oxygens (including phenoxy) is 1. The van der Waals surface area contributed by atoms with Gasteiger partial charge in [-0.2, -0.15) is 13.2 Å². The third kappa shape index (κ3) is 3.12. The Kier molecular flexibility index (Phi) is 4.11. The molecule has 1 atom stereocenters. The predicted molar refractivity (Wildman–Crippen MR) is 67.4 cm³/mol. The van der Waals surface area contributed by atoms with Crippen LogP contribution in [-0.2, 0) is 15.7 Å². The van der Waals surface area contributed by atoms with Gasteiger partial charge < -0.3 is 4.74 Å². The molecule has 0 radical (unpaired) electrons. The second kappa shape index (κ2) is 5.29. The number of hydrogen-bond acceptors (Lipinski definition) is 4. The van der Waals surface area contributed by atoms with E-state index in [0.29, 0.717) is 13.0 Å². The van der Waals surface area contributed by atoms with Crippen LogP contribution in [0.4, 0.5) is 18.3 Å². The molecule has 1 N–H and O–H groups in total. The molecule has 1 aromatic heterocycles. The number of carbonyl (C=O) groups is 1. The fourth-order valence-corrected chi connectivity index (χ4v) is 3.27. The molecule has 100 valence electrons. The molecule has 0 aliphatic carbocycles. The van der Waals surface area contributed by atoms with Gasteiger partial charge in [-0.1, -0.05) is 11.3 Å². The highest BCUT2D eigenvalue weighted by Gasteiger charge is 2.37. The summed E-state index contributed by atoms with van der Waals surface area (Å²) < 4.78 is 42.6. The molecule has 4 nitrogen and oxygen atoms in total. The Bertz CT molecular complexity index is 457. The lowest BCUT2D eigenvalue weighted by molar-refractivity contribution is -0.141. The van der Waals surface area contributed by atoms with E-state index in [1.54, 1.807) is 22.6 Å². The van der Waals surface area contributed by atoms with Crippen LogP contribution in [0.2, 0.25) is 0 Å². The molecule has 1 aliphatic heterocycles. The maximum atomic E-state index is 12.5. The minimum atomic E-state index is -4.50. The van der Waals surface area contributed by atoms with Crippen LogP contribution < -0.4 is 5.32 Å². The van der Waals surface area contributed by atoms with Gasteiger partial charge >= 0.3 is 6.18 Å². The second-order valence-corrected chi connectivity index (χ2v) is 6.44. The summed E-state index contributed by atoms with van der Waals surface area (Å²) in [4.78, 5) is 15.0. The van der Waals surface area contributed by atoms with Crippen molar-refractivity contribution in [2.24, 2.45) is 0 Å². The van der Waals surface area contributed by atoms with Crippen molar-refractivity contribution in [3.8, 4) is 0 Å². The molecule has 2 rings (SSSR count). The zero-order valence-electron chi connectivity index (χ0n) is 8.88. The van der Waals surface area contributed by atoms with Crippen molar-refractivity contribution in [2.45, 2.75) is 25.1 Å². The highest BCUT2D eigenvalue weighted by Crippen LogP contribution is 2.36. The number of nitrogens with one attached hydrogen (secondary N) is 1. The van der Waals surface area contributed by atoms with E-state index >= 15 is 0 Å². The van der Waals surface area contributed by atoms with Gasteiger partial charge in [-0.25, -0.2) is 4.98 Å². The van der Waals surface area contributed by atoms with E-state index in [1.807, 2.05) is 0 Å². The van der Waals surface area contributed by atoms with E-state index in [1.165, 1.54) is 0 Å². The van der Waals surface area contributed by atoms with Crippen LogP contribution in [0.25, 0.3) is 0 Å². The number of anilines is 1. The highest BCUT2D eigenvalue weighted by atomic mass is 127. The topological polar surface area (TPSA) is 51.2 Å². The van der Waals surface area contributed by atoms with Crippen molar-refractivity contribution in [2.75, 3.05) is 11.9 Å². The number of amides is 1. The van der Waals surface area contributed by atoms with Crippen LogP contribution in [0.5, 0.6) is 0 Å². The first-order chi connectivity index (χ1) is 8.38. The first kappa shape index (κ1) is 14.0. The number of hydrogen-bond donors (Lipinski definition) is 1. The molecule has 0 unspecified atom stereocenters. The van der Waals surface area contributed by atoms with Gasteiger partial charge in [0.15, 0.2) is 10.8 Å². The second-order valence-electron chi connectivity index (χ2n) is 3.63. The van der Waals surface area contributed by atoms with E-state index in [2.05, 4.69) is 10.3 Å². The first-order valence-electron chi connectivity index (χ1n) is 5.04. The van der Waals surface area contributed by atoms with Crippen LogP contribution in [0, 0.1) is 2.88 Å². The van der Waals surface area contributed by atoms with Crippen molar-refractivity contribution in [3.05, 3.63) is 8.58 Å². The van der Waals surface area contributed by atoms with Crippen LogP contribution in [0.15, 0.2) is 0 Å². The number of aromatic nitrogens is 1. The lowest BCUT2D eigenvalue weighted by Gasteiger charge is -2.07. The molecule has 0 saturated carbocycles. The van der Waals surface area contributed by atoms with Gasteiger partial charge in [0.25, 0.3) is 5.91 Å². The largest absolute Gasteiger partial charge is 0.435 e. The normalized spacial score (nSPS) is 20.1. The van der Waals surface area contributed by atoms with E-state index in [9.17, 15) is 18.0 Å². The minimum absolute atomic E-state index is 0.00254. The van der Waals surface area contributed by atoms with Gasteiger partial charge in [-0.3, -0.25) is 10.1 Å². The maximum Gasteiger partial charge on any atom is 0.435 e. The summed E-state index contributed by atoms with van der Waals surface area (Å²) in [6.07, 6.45) is -3.72. The fourth-order valence-electron chi connectivity index (χ4n) is 1.50. The zero-order valence-corrected chi connectivity index (χ0v) is 11.9. The van der Waals surface area contributed by atoms with Gasteiger partial charge in [0.1, 0.15) is 6.10 Å². The molecular formula is C9H8F3IN2O2S. The summed E-state index contributed by atoms with van der Waals surface area (Å²) in [5, 5.41) is 2.31. The average Bonchev–Trinajstić information content (AvgIpc) is 2.85. The van der Waals surface area contributed by atoms with E-state index in [-0.39, 0.29) is 8.02 Å². The van der Waals surface area contributed by atoms with Crippen molar-refractivity contribution in [1.82, 2.24) is 4.98 Å². The molecule has 1 fully saturated rings. The van der Waals surface area contributed by atoms with E-state index in [4.69, 9.17) is 4.74 Å². The summed E-state index contributed by atoms with van der Waals surface area (Å²) in [6.45, 7) is 0.501. The number of nitrogens with zero attached hydrogens (tertiary/aromatic N) is 1. The van der Waals surface area contributed by atoms with E-state index < -0.39 is 23.9 Å². The average molecular weight is 392 g/mol. The molecule has 18 heavy (non-hydrogen) atoms. The van der Waals surface area contributed by atoms with Crippen LogP contribution in [-0.4, -0.2) is 23.6 Å². The summed E-state index contributed by atoms with van der Waals surface area (Å²) >= 11 is 2.35. The Morgan fingerprint density at radius 2 is 2.28 bits per heavy atom. The third-order valence-corrected chi connectivity index (χ3v) is 4.24. The Hall–Kier alpha value is -0.420. The predicted octanol–water partition coefficient (Wildman–Crippen LogP) is 2.88. The molecule has 0 spiro atoms. The number of alkyl halides is 3. The smallest absolute Gasteiger partial charge is 0.368 e. The molecule has 1 aromatic rings. The van der Waals surface area contributed by atoms with Crippen LogP contribution in [0.3, 0.4) is 0 Å². The Morgan fingerprint density at radius 3 is 2.78 bits per heavy atom. The van der Waals surface area contributed by atoms with Crippen molar-refractivity contribution in [1.29, 1.82) is 0 Å². The Balaban J connectivity index is 2.08. The van der Waals surface area contributed by atoms with Gasteiger partial charge in [-0.15, -0.1) is 0 Å². The molecule has 1 saturated heterocycles. The van der Waals surface area contributed by atoms with Crippen molar-refractivity contribution < 1.29 is 22.7 Å². The SMILES string of the molecule is O=C(Nc1nc(C(F)(F)F)c(I)s1)[C@@H]1CCCO1. The molecule has 0 aromatic carbocycles. The molecular weight excluding hydrogens is 384 g/mol. The number of carbonyl (C=O) groups excluding carboxylic acids is 1. The highest BCUT2D eigenvalue weighted by molar-refractivity contribution is 14.1. The van der Waals surface area contributed by atoms with Crippen molar-refractivity contribution >= 4 is 45.0 Å². The van der Waals surface area contributed by atoms with Crippen LogP contribution >= 0.6 is 33.9 Å². The fraction of sp³-hybridized carbons (Fsp3) is 0.556. The molecule has 9 heteroatoms. The summed E-state index contributed by atoms with van der Waals surface area (Å²) in [5.41, 5.74) is -0.962. The zero-order chi connectivity index (χ0) is 13.3.